The molecule has 2 N–H and O–H groups in total. The first-order valence-corrected chi connectivity index (χ1v) is 6.73. The standard InChI is InChI=1S/C14H18N2O4/c1-9-5-6-10(7-9)8-15-12-4-2-3-11(14(17)18)13(12)16(19)20/h2-4,9-10,15H,5-8H2,1H3,(H,17,18). The highest BCUT2D eigenvalue weighted by Crippen LogP contribution is 2.33. The van der Waals surface area contributed by atoms with Crippen molar-refractivity contribution < 1.29 is 14.8 Å². The second-order valence-electron chi connectivity index (χ2n) is 5.43. The zero-order valence-corrected chi connectivity index (χ0v) is 11.3. The molecule has 1 fully saturated rings. The van der Waals surface area contributed by atoms with Crippen molar-refractivity contribution in [1.29, 1.82) is 0 Å². The SMILES string of the molecule is CC1CCC(CNc2cccc(C(=O)O)c2[N+](=O)[O-])C1. The first-order chi connectivity index (χ1) is 9.49. The van der Waals surface area contributed by atoms with E-state index in [1.807, 2.05) is 0 Å². The summed E-state index contributed by atoms with van der Waals surface area (Å²) >= 11 is 0. The van der Waals surface area contributed by atoms with Gasteiger partial charge in [-0.1, -0.05) is 19.4 Å². The van der Waals surface area contributed by atoms with Crippen molar-refractivity contribution in [3.05, 3.63) is 33.9 Å². The lowest BCUT2D eigenvalue weighted by atomic mass is 10.1. The average molecular weight is 278 g/mol. The molecule has 1 aromatic carbocycles. The molecule has 1 aliphatic carbocycles. The van der Waals surface area contributed by atoms with Gasteiger partial charge in [0.15, 0.2) is 0 Å². The molecular formula is C14H18N2O4. The second kappa shape index (κ2) is 5.90. The first kappa shape index (κ1) is 14.3. The number of nitrogens with one attached hydrogen (secondary N) is 1. The maximum atomic E-state index is 11.1. The molecule has 20 heavy (non-hydrogen) atoms. The Morgan fingerprint density at radius 1 is 1.50 bits per heavy atom. The van der Waals surface area contributed by atoms with Crippen molar-refractivity contribution in [3.8, 4) is 0 Å². The lowest BCUT2D eigenvalue weighted by Gasteiger charge is -2.13. The zero-order chi connectivity index (χ0) is 14.7. The fourth-order valence-electron chi connectivity index (χ4n) is 2.82. The lowest BCUT2D eigenvalue weighted by molar-refractivity contribution is -0.384. The fraction of sp³-hybridized carbons (Fsp3) is 0.500. The summed E-state index contributed by atoms with van der Waals surface area (Å²) in [6.45, 7) is 2.85. The van der Waals surface area contributed by atoms with Crippen molar-refractivity contribution >= 4 is 17.3 Å². The maximum absolute atomic E-state index is 11.1. The smallest absolute Gasteiger partial charge is 0.342 e. The van der Waals surface area contributed by atoms with Gasteiger partial charge in [-0.2, -0.15) is 0 Å². The van der Waals surface area contributed by atoms with Crippen LogP contribution in [0, 0.1) is 22.0 Å². The molecule has 1 aliphatic rings. The van der Waals surface area contributed by atoms with Crippen molar-refractivity contribution in [2.75, 3.05) is 11.9 Å². The number of carboxylic acid groups (broad SMARTS) is 1. The Morgan fingerprint density at radius 2 is 2.25 bits per heavy atom. The number of nitro groups is 1. The number of carbonyl (C=O) groups is 1. The van der Waals surface area contributed by atoms with E-state index in [2.05, 4.69) is 12.2 Å². The van der Waals surface area contributed by atoms with Crippen molar-refractivity contribution in [1.82, 2.24) is 0 Å². The van der Waals surface area contributed by atoms with E-state index < -0.39 is 10.9 Å². The molecule has 0 bridgehead atoms. The fourth-order valence-corrected chi connectivity index (χ4v) is 2.82. The van der Waals surface area contributed by atoms with Crippen LogP contribution in [0.2, 0.25) is 0 Å². The molecule has 1 saturated carbocycles. The molecule has 0 aromatic heterocycles. The van der Waals surface area contributed by atoms with E-state index in [4.69, 9.17) is 5.11 Å². The lowest BCUT2D eigenvalue weighted by Crippen LogP contribution is -2.14. The highest BCUT2D eigenvalue weighted by Gasteiger charge is 2.26. The summed E-state index contributed by atoms with van der Waals surface area (Å²) in [6.07, 6.45) is 3.41. The summed E-state index contributed by atoms with van der Waals surface area (Å²) in [5.74, 6) is -0.0879. The van der Waals surface area contributed by atoms with Crippen LogP contribution in [0.5, 0.6) is 0 Å². The molecule has 0 aliphatic heterocycles. The Bertz CT molecular complexity index is 530. The van der Waals surface area contributed by atoms with Crippen molar-refractivity contribution in [2.24, 2.45) is 11.8 Å². The minimum Gasteiger partial charge on any atom is -0.477 e. The molecule has 1 aromatic rings. The van der Waals surface area contributed by atoms with Crippen LogP contribution in [0.25, 0.3) is 0 Å². The molecule has 6 heteroatoms. The van der Waals surface area contributed by atoms with Gasteiger partial charge < -0.3 is 10.4 Å². The average Bonchev–Trinajstić information content (AvgIpc) is 2.81. The van der Waals surface area contributed by atoms with Gasteiger partial charge >= 0.3 is 11.7 Å². The summed E-state index contributed by atoms with van der Waals surface area (Å²) < 4.78 is 0. The summed E-state index contributed by atoms with van der Waals surface area (Å²) in [6, 6.07) is 4.34. The van der Waals surface area contributed by atoms with E-state index in [9.17, 15) is 14.9 Å². The molecule has 2 unspecified atom stereocenters. The summed E-state index contributed by atoms with van der Waals surface area (Å²) in [4.78, 5) is 21.5. The van der Waals surface area contributed by atoms with Gasteiger partial charge in [0.2, 0.25) is 0 Å². The molecule has 0 radical (unpaired) electrons. The van der Waals surface area contributed by atoms with Crippen molar-refractivity contribution in [2.45, 2.75) is 26.2 Å². The number of para-hydroxylation sites is 1. The van der Waals surface area contributed by atoms with Crippen LogP contribution in [0.4, 0.5) is 11.4 Å². The predicted molar refractivity (Wildman–Crippen MR) is 75.1 cm³/mol. The van der Waals surface area contributed by atoms with Gasteiger partial charge in [-0.25, -0.2) is 4.79 Å². The number of aromatic carboxylic acids is 1. The number of carboxylic acids is 1. The van der Waals surface area contributed by atoms with Crippen LogP contribution in [0.3, 0.4) is 0 Å². The highest BCUT2D eigenvalue weighted by atomic mass is 16.6. The van der Waals surface area contributed by atoms with Gasteiger partial charge in [0.25, 0.3) is 0 Å². The molecule has 2 atom stereocenters. The Kier molecular flexibility index (Phi) is 4.22. The van der Waals surface area contributed by atoms with Crippen LogP contribution in [-0.4, -0.2) is 22.5 Å². The third-order valence-electron chi connectivity index (χ3n) is 3.83. The number of nitrogens with zero attached hydrogens (tertiary/aromatic N) is 1. The topological polar surface area (TPSA) is 92.5 Å². The van der Waals surface area contributed by atoms with Crippen LogP contribution >= 0.6 is 0 Å². The molecular weight excluding hydrogens is 260 g/mol. The minimum absolute atomic E-state index is 0.278. The Hall–Kier alpha value is -2.11. The zero-order valence-electron chi connectivity index (χ0n) is 11.3. The number of hydrogen-bond donors (Lipinski definition) is 2. The molecule has 108 valence electrons. The maximum Gasteiger partial charge on any atom is 0.342 e. The Morgan fingerprint density at radius 3 is 2.80 bits per heavy atom. The van der Waals surface area contributed by atoms with E-state index in [0.717, 1.165) is 12.8 Å². The quantitative estimate of drug-likeness (QED) is 0.637. The Labute approximate surface area is 117 Å². The summed E-state index contributed by atoms with van der Waals surface area (Å²) in [5, 5.41) is 23.2. The molecule has 0 saturated heterocycles. The van der Waals surface area contributed by atoms with Crippen LogP contribution < -0.4 is 5.32 Å². The third kappa shape index (κ3) is 3.07. The second-order valence-corrected chi connectivity index (χ2v) is 5.43. The first-order valence-electron chi connectivity index (χ1n) is 6.73. The number of anilines is 1. The third-order valence-corrected chi connectivity index (χ3v) is 3.83. The highest BCUT2D eigenvalue weighted by molar-refractivity contribution is 5.95. The number of hydrogen-bond acceptors (Lipinski definition) is 4. The molecule has 6 nitrogen and oxygen atoms in total. The number of nitro benzene ring substituents is 1. The molecule has 0 heterocycles. The van der Waals surface area contributed by atoms with Gasteiger partial charge in [0.05, 0.1) is 4.92 Å². The van der Waals surface area contributed by atoms with Crippen LogP contribution in [0.15, 0.2) is 18.2 Å². The van der Waals surface area contributed by atoms with Gasteiger partial charge in [0, 0.05) is 6.54 Å². The number of rotatable bonds is 5. The summed E-state index contributed by atoms with van der Waals surface area (Å²) in [7, 11) is 0. The van der Waals surface area contributed by atoms with Crippen LogP contribution in [0.1, 0.15) is 36.5 Å². The largest absolute Gasteiger partial charge is 0.477 e. The number of benzene rings is 1. The minimum atomic E-state index is -1.28. The van der Waals surface area contributed by atoms with E-state index in [0.29, 0.717) is 18.4 Å². The van der Waals surface area contributed by atoms with E-state index >= 15 is 0 Å². The monoisotopic (exact) mass is 278 g/mol. The van der Waals surface area contributed by atoms with Crippen molar-refractivity contribution in [3.63, 3.8) is 0 Å². The molecule has 0 spiro atoms. The van der Waals surface area contributed by atoms with Gasteiger partial charge in [-0.3, -0.25) is 10.1 Å². The predicted octanol–water partition coefficient (Wildman–Crippen LogP) is 3.14. The van der Waals surface area contributed by atoms with E-state index in [-0.39, 0.29) is 16.9 Å². The van der Waals surface area contributed by atoms with E-state index in [1.165, 1.54) is 18.6 Å². The van der Waals surface area contributed by atoms with Gasteiger partial charge in [0.1, 0.15) is 11.3 Å². The molecule has 0 amide bonds. The molecule has 2 rings (SSSR count). The van der Waals surface area contributed by atoms with E-state index in [1.54, 1.807) is 6.07 Å². The normalized spacial score (nSPS) is 21.6. The summed E-state index contributed by atoms with van der Waals surface area (Å²) in [5.41, 5.74) is -0.347. The van der Waals surface area contributed by atoms with Gasteiger partial charge in [-0.15, -0.1) is 0 Å². The Balaban J connectivity index is 2.16. The van der Waals surface area contributed by atoms with Crippen LogP contribution in [-0.2, 0) is 0 Å². The van der Waals surface area contributed by atoms with Gasteiger partial charge in [-0.05, 0) is 36.8 Å².